The Hall–Kier alpha value is -4.10. The van der Waals surface area contributed by atoms with Crippen molar-refractivity contribution in [3.63, 3.8) is 0 Å². The summed E-state index contributed by atoms with van der Waals surface area (Å²) in [4.78, 5) is 34.7. The van der Waals surface area contributed by atoms with Crippen LogP contribution < -0.4 is 0 Å². The van der Waals surface area contributed by atoms with Gasteiger partial charge >= 0.3 is 6.09 Å². The fraction of sp³-hybridized carbons (Fsp3) is 0.543. The average molecular weight is 614 g/mol. The van der Waals surface area contributed by atoms with Crippen LogP contribution in [0.25, 0.3) is 22.3 Å². The summed E-state index contributed by atoms with van der Waals surface area (Å²) in [5.41, 5.74) is 1.90. The van der Waals surface area contributed by atoms with Crippen LogP contribution in [0.2, 0.25) is 0 Å². The van der Waals surface area contributed by atoms with E-state index in [0.29, 0.717) is 60.8 Å². The van der Waals surface area contributed by atoms with E-state index < -0.39 is 5.60 Å². The first-order valence-corrected chi connectivity index (χ1v) is 16.2. The fourth-order valence-electron chi connectivity index (χ4n) is 6.55. The molecule has 2 saturated heterocycles. The van der Waals surface area contributed by atoms with Crippen molar-refractivity contribution < 1.29 is 24.2 Å². The quantitative estimate of drug-likeness (QED) is 0.362. The number of nitrogens with zero attached hydrogens (tertiary/aromatic N) is 5. The Morgan fingerprint density at radius 3 is 2.24 bits per heavy atom. The van der Waals surface area contributed by atoms with Gasteiger partial charge in [-0.15, -0.1) is 6.42 Å². The summed E-state index contributed by atoms with van der Waals surface area (Å²) in [7, 11) is 0. The largest absolute Gasteiger partial charge is 0.508 e. The van der Waals surface area contributed by atoms with Crippen LogP contribution in [0.1, 0.15) is 88.0 Å². The standard InChI is InChI=1S/C29H33N5O5.C6H10/c1-5-22-25-21(27(36)32-13-15-33(16-14-32)28(37)39-29(2,3)4)18-23(19-9-11-20(35)12-10-19)30-26(25)34(31-22)24-8-6-7-17-38-24;1-2-5-4-6(5)3-1/h1,9-12,18,24,35H,6-8,13-17H2,2-4H3;5-6H,1-4H2. The third-order valence-corrected chi connectivity index (χ3v) is 9.06. The van der Waals surface area contributed by atoms with Crippen molar-refractivity contribution in [2.24, 2.45) is 11.8 Å². The second-order valence-corrected chi connectivity index (χ2v) is 13.5. The maximum absolute atomic E-state index is 14.0. The number of carbonyl (C=O) groups excluding carboxylic acids is 2. The normalized spacial score (nSPS) is 22.7. The highest BCUT2D eigenvalue weighted by Gasteiger charge is 2.40. The molecule has 4 heterocycles. The molecule has 2 aromatic heterocycles. The van der Waals surface area contributed by atoms with Crippen LogP contribution in [-0.2, 0) is 9.47 Å². The van der Waals surface area contributed by atoms with E-state index in [1.807, 2.05) is 20.8 Å². The van der Waals surface area contributed by atoms with Crippen molar-refractivity contribution in [3.05, 3.63) is 41.6 Å². The number of amides is 2. The van der Waals surface area contributed by atoms with Gasteiger partial charge in [-0.25, -0.2) is 14.5 Å². The second-order valence-electron chi connectivity index (χ2n) is 13.5. The number of pyridine rings is 1. The van der Waals surface area contributed by atoms with Crippen LogP contribution in [0.3, 0.4) is 0 Å². The Bertz CT molecular complexity index is 1580. The van der Waals surface area contributed by atoms with E-state index in [2.05, 4.69) is 11.0 Å². The number of rotatable bonds is 3. The summed E-state index contributed by atoms with van der Waals surface area (Å²) in [5.74, 6) is 4.98. The second kappa shape index (κ2) is 12.7. The number of fused-ring (bicyclic) bond motifs is 2. The van der Waals surface area contributed by atoms with Gasteiger partial charge in [-0.1, -0.05) is 19.3 Å². The number of aromatic nitrogens is 3. The van der Waals surface area contributed by atoms with Crippen molar-refractivity contribution in [3.8, 4) is 29.4 Å². The van der Waals surface area contributed by atoms with Crippen LogP contribution in [0.4, 0.5) is 4.79 Å². The number of terminal acetylenes is 1. The molecule has 45 heavy (non-hydrogen) atoms. The molecule has 3 atom stereocenters. The highest BCUT2D eigenvalue weighted by Crippen LogP contribution is 2.51. The molecular formula is C35H43N5O5. The first-order valence-electron chi connectivity index (χ1n) is 16.2. The molecular weight excluding hydrogens is 570 g/mol. The van der Waals surface area contributed by atoms with E-state index >= 15 is 0 Å². The summed E-state index contributed by atoms with van der Waals surface area (Å²) in [6, 6.07) is 8.38. The van der Waals surface area contributed by atoms with Gasteiger partial charge in [-0.3, -0.25) is 4.79 Å². The number of piperazine rings is 1. The van der Waals surface area contributed by atoms with E-state index in [4.69, 9.17) is 20.9 Å². The van der Waals surface area contributed by atoms with E-state index in [1.165, 1.54) is 18.3 Å². The SMILES string of the molecule is C#Cc1nn(C2CCCCO2)c2nc(-c3ccc(O)cc3)cc(C(=O)N3CCN(C(=O)OC(C)(C)C)CC3)c12.C1CC2CC2C1. The topological polar surface area (TPSA) is 110 Å². The molecule has 7 rings (SSSR count). The van der Waals surface area contributed by atoms with Gasteiger partial charge in [0, 0.05) is 38.3 Å². The number of carbonyl (C=O) groups is 2. The van der Waals surface area contributed by atoms with Crippen LogP contribution in [-0.4, -0.2) is 80.1 Å². The van der Waals surface area contributed by atoms with E-state index in [9.17, 15) is 14.7 Å². The molecule has 0 bridgehead atoms. The summed E-state index contributed by atoms with van der Waals surface area (Å²) in [6.45, 7) is 7.51. The first-order chi connectivity index (χ1) is 21.6. The van der Waals surface area contributed by atoms with Gasteiger partial charge in [0.2, 0.25) is 0 Å². The van der Waals surface area contributed by atoms with Gasteiger partial charge in [0.15, 0.2) is 11.9 Å². The number of phenols is 1. The zero-order valence-electron chi connectivity index (χ0n) is 26.5. The molecule has 2 aliphatic carbocycles. The Morgan fingerprint density at radius 2 is 1.69 bits per heavy atom. The zero-order chi connectivity index (χ0) is 31.7. The van der Waals surface area contributed by atoms with Gasteiger partial charge in [-0.2, -0.15) is 5.10 Å². The molecule has 4 aliphatic rings. The van der Waals surface area contributed by atoms with Crippen LogP contribution in [0.15, 0.2) is 30.3 Å². The number of ether oxygens (including phenoxy) is 2. The monoisotopic (exact) mass is 613 g/mol. The smallest absolute Gasteiger partial charge is 0.410 e. The van der Waals surface area contributed by atoms with Crippen molar-refractivity contribution in [1.82, 2.24) is 24.6 Å². The Kier molecular flexibility index (Phi) is 8.74. The molecule has 1 N–H and O–H groups in total. The molecule has 10 heteroatoms. The number of benzene rings is 1. The maximum atomic E-state index is 14.0. The molecule has 2 saturated carbocycles. The maximum Gasteiger partial charge on any atom is 0.410 e. The van der Waals surface area contributed by atoms with Crippen molar-refractivity contribution in [1.29, 1.82) is 0 Å². The van der Waals surface area contributed by atoms with E-state index in [1.54, 1.807) is 64.1 Å². The first kappa shape index (κ1) is 30.9. The molecule has 3 unspecified atom stereocenters. The van der Waals surface area contributed by atoms with Gasteiger partial charge < -0.3 is 24.4 Å². The lowest BCUT2D eigenvalue weighted by Crippen LogP contribution is -2.51. The van der Waals surface area contributed by atoms with Crippen molar-refractivity contribution in [2.75, 3.05) is 32.8 Å². The zero-order valence-corrected chi connectivity index (χ0v) is 26.5. The van der Waals surface area contributed by atoms with Crippen LogP contribution in [0, 0.1) is 24.2 Å². The molecule has 3 aromatic rings. The third-order valence-electron chi connectivity index (χ3n) is 9.06. The predicted octanol–water partition coefficient (Wildman–Crippen LogP) is 5.98. The Balaban J connectivity index is 0.000000525. The minimum absolute atomic E-state index is 0.134. The number of hydrogen-bond acceptors (Lipinski definition) is 7. The lowest BCUT2D eigenvalue weighted by Gasteiger charge is -2.35. The van der Waals surface area contributed by atoms with Gasteiger partial charge in [0.1, 0.15) is 17.0 Å². The van der Waals surface area contributed by atoms with Crippen LogP contribution in [0.5, 0.6) is 5.75 Å². The van der Waals surface area contributed by atoms with Crippen molar-refractivity contribution >= 4 is 23.0 Å². The Morgan fingerprint density at radius 1 is 1.00 bits per heavy atom. The summed E-state index contributed by atoms with van der Waals surface area (Å²) >= 11 is 0. The molecule has 0 spiro atoms. The minimum Gasteiger partial charge on any atom is -0.508 e. The molecule has 10 nitrogen and oxygen atoms in total. The average Bonchev–Trinajstić information content (AvgIpc) is 3.45. The highest BCUT2D eigenvalue weighted by molar-refractivity contribution is 6.08. The van der Waals surface area contributed by atoms with Gasteiger partial charge in [0.05, 0.1) is 16.6 Å². The predicted molar refractivity (Wildman–Crippen MR) is 171 cm³/mol. The lowest BCUT2D eigenvalue weighted by molar-refractivity contribution is -0.0370. The fourth-order valence-corrected chi connectivity index (χ4v) is 6.55. The molecule has 4 fully saturated rings. The van der Waals surface area contributed by atoms with Crippen molar-refractivity contribution in [2.45, 2.75) is 77.5 Å². The van der Waals surface area contributed by atoms with E-state index in [0.717, 1.165) is 24.8 Å². The lowest BCUT2D eigenvalue weighted by atomic mass is 10.0. The molecule has 2 amide bonds. The number of phenolic OH excluding ortho intramolecular Hbond substituents is 1. The Labute approximate surface area is 264 Å². The summed E-state index contributed by atoms with van der Waals surface area (Å²) < 4.78 is 13.2. The number of hydrogen-bond donors (Lipinski definition) is 1. The molecule has 2 aliphatic heterocycles. The summed E-state index contributed by atoms with van der Waals surface area (Å²) in [6.07, 6.45) is 14.1. The minimum atomic E-state index is -0.592. The van der Waals surface area contributed by atoms with Gasteiger partial charge in [-0.05, 0) is 94.5 Å². The molecule has 0 radical (unpaired) electrons. The van der Waals surface area contributed by atoms with Gasteiger partial charge in [0.25, 0.3) is 5.91 Å². The van der Waals surface area contributed by atoms with E-state index in [-0.39, 0.29) is 24.0 Å². The third kappa shape index (κ3) is 6.94. The molecule has 238 valence electrons. The highest BCUT2D eigenvalue weighted by atomic mass is 16.6. The molecule has 1 aromatic carbocycles. The number of aromatic hydroxyl groups is 1. The summed E-state index contributed by atoms with van der Waals surface area (Å²) in [5, 5.41) is 14.9. The van der Waals surface area contributed by atoms with Crippen LogP contribution >= 0.6 is 0 Å².